The second kappa shape index (κ2) is 7.09. The van der Waals surface area contributed by atoms with Crippen LogP contribution in [0.2, 0.25) is 0 Å². The Morgan fingerprint density at radius 2 is 2.11 bits per heavy atom. The van der Waals surface area contributed by atoms with Gasteiger partial charge in [0.25, 0.3) is 0 Å². The van der Waals surface area contributed by atoms with Crippen LogP contribution in [0, 0.1) is 5.92 Å². The molecule has 0 aromatic carbocycles. The number of morpholine rings is 1. The maximum atomic E-state index is 5.99. The molecular weight excluding hydrogens is 248 g/mol. The molecule has 0 radical (unpaired) electrons. The normalized spacial score (nSPS) is 32.0. The van der Waals surface area contributed by atoms with Crippen LogP contribution in [0.15, 0.2) is 0 Å². The molecule has 2 aliphatic heterocycles. The molecular formula is C14H27ClN2O. The van der Waals surface area contributed by atoms with Gasteiger partial charge in [-0.1, -0.05) is 0 Å². The first-order valence-electron chi connectivity index (χ1n) is 7.33. The third-order valence-electron chi connectivity index (χ3n) is 4.18. The van der Waals surface area contributed by atoms with Gasteiger partial charge in [0.1, 0.15) is 0 Å². The highest BCUT2D eigenvalue weighted by molar-refractivity contribution is 6.18. The predicted molar refractivity (Wildman–Crippen MR) is 76.3 cm³/mol. The number of alkyl halides is 1. The van der Waals surface area contributed by atoms with E-state index in [4.69, 9.17) is 16.3 Å². The van der Waals surface area contributed by atoms with Crippen LogP contribution in [0.3, 0.4) is 0 Å². The first-order valence-corrected chi connectivity index (χ1v) is 7.86. The number of hydrogen-bond donors (Lipinski definition) is 0. The van der Waals surface area contributed by atoms with E-state index in [1.54, 1.807) is 0 Å². The van der Waals surface area contributed by atoms with Crippen molar-refractivity contribution in [2.45, 2.75) is 38.8 Å². The molecule has 2 fully saturated rings. The molecule has 2 aliphatic rings. The zero-order chi connectivity index (χ0) is 13.0. The summed E-state index contributed by atoms with van der Waals surface area (Å²) in [5.74, 6) is 1.49. The van der Waals surface area contributed by atoms with Crippen molar-refractivity contribution >= 4 is 11.6 Å². The third kappa shape index (κ3) is 4.09. The number of rotatable bonds is 4. The number of likely N-dealkylation sites (tertiary alicyclic amines) is 1. The summed E-state index contributed by atoms with van der Waals surface area (Å²) in [6, 6.07) is 0.633. The topological polar surface area (TPSA) is 15.7 Å². The van der Waals surface area contributed by atoms with E-state index in [0.29, 0.717) is 18.1 Å². The summed E-state index contributed by atoms with van der Waals surface area (Å²) in [4.78, 5) is 5.07. The van der Waals surface area contributed by atoms with E-state index in [-0.39, 0.29) is 0 Å². The van der Waals surface area contributed by atoms with Crippen LogP contribution in [-0.2, 0) is 4.74 Å². The third-order valence-corrected chi connectivity index (χ3v) is 4.62. The fraction of sp³-hybridized carbons (Fsp3) is 1.00. The van der Waals surface area contributed by atoms with Gasteiger partial charge in [0.05, 0.1) is 12.7 Å². The number of piperidine rings is 1. The lowest BCUT2D eigenvalue weighted by Gasteiger charge is -2.39. The van der Waals surface area contributed by atoms with Crippen molar-refractivity contribution in [1.82, 2.24) is 9.80 Å². The molecule has 0 aromatic heterocycles. The van der Waals surface area contributed by atoms with Crippen LogP contribution in [0.4, 0.5) is 0 Å². The van der Waals surface area contributed by atoms with Gasteiger partial charge in [0.15, 0.2) is 0 Å². The molecule has 0 spiro atoms. The Kier molecular flexibility index (Phi) is 5.74. The van der Waals surface area contributed by atoms with E-state index in [0.717, 1.165) is 38.7 Å². The lowest BCUT2D eigenvalue weighted by Crippen LogP contribution is -2.51. The summed E-state index contributed by atoms with van der Waals surface area (Å²) < 4.78 is 5.91. The molecule has 0 aliphatic carbocycles. The Balaban J connectivity index is 1.78. The summed E-state index contributed by atoms with van der Waals surface area (Å²) in [5, 5.41) is 0. The molecule has 2 atom stereocenters. The fourth-order valence-corrected chi connectivity index (χ4v) is 3.30. The van der Waals surface area contributed by atoms with Crippen LogP contribution in [0.1, 0.15) is 26.7 Å². The minimum Gasteiger partial charge on any atom is -0.374 e. The SMILES string of the molecule is CC(C)N1CCOC(CN2CCCC(CCl)C2)C1. The first kappa shape index (κ1) is 14.6. The Labute approximate surface area is 116 Å². The van der Waals surface area contributed by atoms with Crippen molar-refractivity contribution in [2.75, 3.05) is 45.2 Å². The van der Waals surface area contributed by atoms with E-state index in [2.05, 4.69) is 23.6 Å². The lowest BCUT2D eigenvalue weighted by atomic mass is 9.99. The first-order chi connectivity index (χ1) is 8.69. The van der Waals surface area contributed by atoms with Crippen molar-refractivity contribution in [1.29, 1.82) is 0 Å². The molecule has 0 amide bonds. The largest absolute Gasteiger partial charge is 0.374 e. The van der Waals surface area contributed by atoms with Gasteiger partial charge in [-0.25, -0.2) is 0 Å². The van der Waals surface area contributed by atoms with Crippen LogP contribution >= 0.6 is 11.6 Å². The molecule has 3 nitrogen and oxygen atoms in total. The van der Waals surface area contributed by atoms with E-state index in [1.807, 2.05) is 0 Å². The molecule has 2 unspecified atom stereocenters. The van der Waals surface area contributed by atoms with Crippen LogP contribution in [0.25, 0.3) is 0 Å². The molecule has 0 aromatic rings. The van der Waals surface area contributed by atoms with Gasteiger partial charge in [-0.15, -0.1) is 11.6 Å². The van der Waals surface area contributed by atoms with Gasteiger partial charge >= 0.3 is 0 Å². The molecule has 2 rings (SSSR count). The minimum atomic E-state index is 0.384. The molecule has 2 saturated heterocycles. The molecule has 2 heterocycles. The van der Waals surface area contributed by atoms with Crippen LogP contribution < -0.4 is 0 Å². The Morgan fingerprint density at radius 1 is 1.28 bits per heavy atom. The van der Waals surface area contributed by atoms with Crippen LogP contribution in [-0.4, -0.2) is 67.2 Å². The van der Waals surface area contributed by atoms with Gasteiger partial charge in [-0.05, 0) is 39.2 Å². The van der Waals surface area contributed by atoms with E-state index < -0.39 is 0 Å². The Bertz CT molecular complexity index is 250. The summed E-state index contributed by atoms with van der Waals surface area (Å²) in [5.41, 5.74) is 0. The number of hydrogen-bond acceptors (Lipinski definition) is 3. The molecule has 106 valence electrons. The molecule has 0 saturated carbocycles. The van der Waals surface area contributed by atoms with Crippen molar-refractivity contribution in [2.24, 2.45) is 5.92 Å². The highest BCUT2D eigenvalue weighted by Crippen LogP contribution is 2.19. The van der Waals surface area contributed by atoms with E-state index in [9.17, 15) is 0 Å². The number of nitrogens with zero attached hydrogens (tertiary/aromatic N) is 2. The molecule has 18 heavy (non-hydrogen) atoms. The minimum absolute atomic E-state index is 0.384. The summed E-state index contributed by atoms with van der Waals surface area (Å²) in [6.07, 6.45) is 2.97. The smallest absolute Gasteiger partial charge is 0.0829 e. The fourth-order valence-electron chi connectivity index (χ4n) is 3.05. The van der Waals surface area contributed by atoms with Crippen molar-refractivity contribution < 1.29 is 4.74 Å². The van der Waals surface area contributed by atoms with E-state index in [1.165, 1.54) is 19.4 Å². The molecule has 0 N–H and O–H groups in total. The summed E-state index contributed by atoms with van der Waals surface area (Å²) in [6.45, 7) is 11.0. The van der Waals surface area contributed by atoms with Crippen molar-refractivity contribution in [3.63, 3.8) is 0 Å². The standard InChI is InChI=1S/C14H27ClN2O/c1-12(2)17-6-7-18-14(11-17)10-16-5-3-4-13(8-15)9-16/h12-14H,3-11H2,1-2H3. The predicted octanol–water partition coefficient (Wildman–Crippen LogP) is 2.05. The van der Waals surface area contributed by atoms with E-state index >= 15 is 0 Å². The maximum absolute atomic E-state index is 5.99. The van der Waals surface area contributed by atoms with Gasteiger partial charge in [0.2, 0.25) is 0 Å². The van der Waals surface area contributed by atoms with Crippen molar-refractivity contribution in [3.8, 4) is 0 Å². The lowest BCUT2D eigenvalue weighted by molar-refractivity contribution is -0.0555. The van der Waals surface area contributed by atoms with Gasteiger partial charge < -0.3 is 9.64 Å². The zero-order valence-electron chi connectivity index (χ0n) is 11.8. The average Bonchev–Trinajstić information content (AvgIpc) is 2.39. The van der Waals surface area contributed by atoms with Crippen molar-refractivity contribution in [3.05, 3.63) is 0 Å². The molecule has 0 bridgehead atoms. The second-order valence-corrected chi connectivity index (χ2v) is 6.31. The summed E-state index contributed by atoms with van der Waals surface area (Å²) >= 11 is 5.99. The Hall–Kier alpha value is 0.170. The highest BCUT2D eigenvalue weighted by Gasteiger charge is 2.26. The Morgan fingerprint density at radius 3 is 2.83 bits per heavy atom. The average molecular weight is 275 g/mol. The number of halogens is 1. The highest BCUT2D eigenvalue weighted by atomic mass is 35.5. The second-order valence-electron chi connectivity index (χ2n) is 6.00. The van der Waals surface area contributed by atoms with Gasteiger partial charge in [-0.2, -0.15) is 0 Å². The van der Waals surface area contributed by atoms with Gasteiger partial charge in [-0.3, -0.25) is 4.90 Å². The number of ether oxygens (including phenoxy) is 1. The maximum Gasteiger partial charge on any atom is 0.0829 e. The zero-order valence-corrected chi connectivity index (χ0v) is 12.5. The summed E-state index contributed by atoms with van der Waals surface area (Å²) in [7, 11) is 0. The molecule has 4 heteroatoms. The van der Waals surface area contributed by atoms with Crippen LogP contribution in [0.5, 0.6) is 0 Å². The quantitative estimate of drug-likeness (QED) is 0.730. The monoisotopic (exact) mass is 274 g/mol. The van der Waals surface area contributed by atoms with Gasteiger partial charge in [0, 0.05) is 38.1 Å².